The molecule has 0 spiro atoms. The van der Waals surface area contributed by atoms with Crippen LogP contribution in [0.3, 0.4) is 0 Å². The van der Waals surface area contributed by atoms with Crippen molar-refractivity contribution in [2.24, 2.45) is 5.92 Å². The summed E-state index contributed by atoms with van der Waals surface area (Å²) in [5.41, 5.74) is 4.89. The van der Waals surface area contributed by atoms with Crippen molar-refractivity contribution < 1.29 is 14.3 Å². The Hall–Kier alpha value is -2.21. The van der Waals surface area contributed by atoms with Crippen molar-refractivity contribution in [1.29, 1.82) is 0 Å². The molecule has 160 valence electrons. The van der Waals surface area contributed by atoms with Crippen LogP contribution in [0.5, 0.6) is 5.75 Å². The Balaban J connectivity index is 1.40. The second kappa shape index (κ2) is 8.88. The van der Waals surface area contributed by atoms with Crippen LogP contribution in [-0.4, -0.2) is 47.5 Å². The first-order chi connectivity index (χ1) is 14.4. The summed E-state index contributed by atoms with van der Waals surface area (Å²) >= 11 is 1.66. The topological polar surface area (TPSA) is 51.7 Å². The lowest BCUT2D eigenvalue weighted by atomic mass is 9.88. The van der Waals surface area contributed by atoms with Gasteiger partial charge >= 0.3 is 6.09 Å². The number of rotatable bonds is 4. The third-order valence-corrected chi connectivity index (χ3v) is 6.67. The van der Waals surface area contributed by atoms with Crippen LogP contribution in [0.15, 0.2) is 35.5 Å². The van der Waals surface area contributed by atoms with E-state index in [0.717, 1.165) is 43.1 Å². The predicted octanol–water partition coefficient (Wildman–Crippen LogP) is 5.34. The second-order valence-electron chi connectivity index (χ2n) is 8.48. The molecule has 0 aliphatic carbocycles. The van der Waals surface area contributed by atoms with Crippen molar-refractivity contribution in [2.75, 3.05) is 19.3 Å². The zero-order chi connectivity index (χ0) is 21.3. The molecule has 4 rings (SSSR count). The highest BCUT2D eigenvalue weighted by molar-refractivity contribution is 7.98. The molecule has 2 aromatic rings. The number of thioether (sulfide) groups is 1. The Bertz CT molecular complexity index is 923. The van der Waals surface area contributed by atoms with Crippen LogP contribution >= 0.6 is 11.8 Å². The molecule has 1 unspecified atom stereocenters. The summed E-state index contributed by atoms with van der Waals surface area (Å²) in [4.78, 5) is 18.5. The molecule has 0 radical (unpaired) electrons. The maximum absolute atomic E-state index is 12.1. The van der Waals surface area contributed by atoms with Crippen LogP contribution in [0.25, 0.3) is 11.1 Å². The fraction of sp³-hybridized carbons (Fsp3) is 0.500. The van der Waals surface area contributed by atoms with E-state index in [-0.39, 0.29) is 18.3 Å². The van der Waals surface area contributed by atoms with E-state index in [1.165, 1.54) is 22.3 Å². The van der Waals surface area contributed by atoms with Crippen LogP contribution in [0, 0.1) is 12.8 Å². The number of piperidine rings is 1. The molecule has 1 fully saturated rings. The van der Waals surface area contributed by atoms with E-state index < -0.39 is 0 Å². The van der Waals surface area contributed by atoms with Crippen LogP contribution in [0.4, 0.5) is 4.79 Å². The zero-order valence-electron chi connectivity index (χ0n) is 18.2. The molecule has 2 aliphatic rings. The minimum atomic E-state index is -0.194. The second-order valence-corrected chi connectivity index (χ2v) is 9.31. The highest BCUT2D eigenvalue weighted by Gasteiger charge is 2.34. The fourth-order valence-corrected chi connectivity index (χ4v) is 4.83. The summed E-state index contributed by atoms with van der Waals surface area (Å²) in [7, 11) is 0. The number of amides is 1. The summed E-state index contributed by atoms with van der Waals surface area (Å²) in [6.45, 7) is 7.39. The van der Waals surface area contributed by atoms with Gasteiger partial charge in [-0.15, -0.1) is 11.8 Å². The van der Waals surface area contributed by atoms with Gasteiger partial charge in [-0.25, -0.2) is 9.78 Å². The van der Waals surface area contributed by atoms with Gasteiger partial charge in [0.25, 0.3) is 0 Å². The normalized spacial score (nSPS) is 19.0. The number of aromatic nitrogens is 1. The van der Waals surface area contributed by atoms with Gasteiger partial charge in [0.1, 0.15) is 11.9 Å². The van der Waals surface area contributed by atoms with Crippen molar-refractivity contribution in [3.63, 3.8) is 0 Å². The van der Waals surface area contributed by atoms with Crippen LogP contribution in [0.1, 0.15) is 37.8 Å². The number of nitrogens with zero attached hydrogens (tertiary/aromatic N) is 2. The third-order valence-electron chi connectivity index (χ3n) is 6.03. The lowest BCUT2D eigenvalue weighted by Gasteiger charge is -2.34. The first kappa shape index (κ1) is 21.0. The zero-order valence-corrected chi connectivity index (χ0v) is 19.0. The van der Waals surface area contributed by atoms with E-state index in [1.807, 2.05) is 31.2 Å². The number of pyridine rings is 1. The Morgan fingerprint density at radius 2 is 2.03 bits per heavy atom. The van der Waals surface area contributed by atoms with Crippen molar-refractivity contribution in [1.82, 2.24) is 9.88 Å². The van der Waals surface area contributed by atoms with Crippen LogP contribution in [0.2, 0.25) is 0 Å². The Kier molecular flexibility index (Phi) is 6.23. The van der Waals surface area contributed by atoms with E-state index >= 15 is 0 Å². The number of carbonyl (C=O) groups excluding carboxylic acids is 1. The van der Waals surface area contributed by atoms with E-state index in [1.54, 1.807) is 11.8 Å². The largest absolute Gasteiger partial charge is 0.490 e. The van der Waals surface area contributed by atoms with Gasteiger partial charge in [0, 0.05) is 31.3 Å². The lowest BCUT2D eigenvalue weighted by molar-refractivity contribution is 0.0503. The summed E-state index contributed by atoms with van der Waals surface area (Å²) < 4.78 is 11.6. The number of likely N-dealkylation sites (tertiary alicyclic amines) is 1. The molecule has 1 atom stereocenters. The molecule has 1 saturated heterocycles. The maximum Gasteiger partial charge on any atom is 0.410 e. The molecule has 0 N–H and O–H groups in total. The number of carbonyl (C=O) groups is 1. The SMILES string of the molecule is CSc1cc(C)c(-c2ccc3c(c2)CC(C2CCN(C(=O)OC(C)C)CC2)O3)cn1. The molecule has 1 aromatic carbocycles. The van der Waals surface area contributed by atoms with Crippen LogP contribution in [-0.2, 0) is 11.2 Å². The standard InChI is InChI=1S/C24H30N2O3S/c1-15(2)28-24(27)26-9-7-17(8-10-26)22-13-19-12-18(5-6-21(19)29-22)20-14-25-23(30-4)11-16(20)3/h5-6,11-12,14-15,17,22H,7-10,13H2,1-4H3. The molecular formula is C24H30N2O3S. The first-order valence-corrected chi connectivity index (χ1v) is 11.9. The molecule has 0 saturated carbocycles. The number of benzene rings is 1. The molecule has 3 heterocycles. The Labute approximate surface area is 183 Å². The molecule has 6 heteroatoms. The molecule has 5 nitrogen and oxygen atoms in total. The van der Waals surface area contributed by atoms with Gasteiger partial charge in [0.15, 0.2) is 0 Å². The Morgan fingerprint density at radius 3 is 2.70 bits per heavy atom. The summed E-state index contributed by atoms with van der Waals surface area (Å²) in [6, 6.07) is 8.63. The van der Waals surface area contributed by atoms with E-state index in [2.05, 4.69) is 36.2 Å². The highest BCUT2D eigenvalue weighted by atomic mass is 32.2. The maximum atomic E-state index is 12.1. The van der Waals surface area contributed by atoms with Gasteiger partial charge in [-0.3, -0.25) is 0 Å². The fourth-order valence-electron chi connectivity index (χ4n) is 4.38. The quantitative estimate of drug-likeness (QED) is 0.618. The lowest BCUT2D eigenvalue weighted by Crippen LogP contribution is -2.43. The summed E-state index contributed by atoms with van der Waals surface area (Å²) in [6.07, 6.45) is 6.79. The number of hydrogen-bond donors (Lipinski definition) is 0. The van der Waals surface area contributed by atoms with Crippen molar-refractivity contribution >= 4 is 17.9 Å². The van der Waals surface area contributed by atoms with Gasteiger partial charge in [-0.2, -0.15) is 0 Å². The van der Waals surface area contributed by atoms with Gasteiger partial charge in [-0.1, -0.05) is 6.07 Å². The van der Waals surface area contributed by atoms with Crippen molar-refractivity contribution in [3.05, 3.63) is 41.6 Å². The van der Waals surface area contributed by atoms with Gasteiger partial charge in [-0.05, 0) is 80.7 Å². The number of fused-ring (bicyclic) bond motifs is 1. The van der Waals surface area contributed by atoms with Gasteiger partial charge in [0.2, 0.25) is 0 Å². The first-order valence-electron chi connectivity index (χ1n) is 10.7. The predicted molar refractivity (Wildman–Crippen MR) is 120 cm³/mol. The van der Waals surface area contributed by atoms with E-state index in [9.17, 15) is 4.79 Å². The highest BCUT2D eigenvalue weighted by Crippen LogP contribution is 2.38. The molecule has 0 bridgehead atoms. The van der Waals surface area contributed by atoms with Gasteiger partial charge < -0.3 is 14.4 Å². The minimum absolute atomic E-state index is 0.0761. The third kappa shape index (κ3) is 4.43. The number of hydrogen-bond acceptors (Lipinski definition) is 5. The molecule has 1 amide bonds. The molecule has 30 heavy (non-hydrogen) atoms. The van der Waals surface area contributed by atoms with Crippen LogP contribution < -0.4 is 4.74 Å². The van der Waals surface area contributed by atoms with Crippen molar-refractivity contribution in [3.8, 4) is 16.9 Å². The van der Waals surface area contributed by atoms with Crippen molar-refractivity contribution in [2.45, 2.75) is 57.3 Å². The number of aryl methyl sites for hydroxylation is 1. The average Bonchev–Trinajstić information content (AvgIpc) is 3.16. The van der Waals surface area contributed by atoms with Gasteiger partial charge in [0.05, 0.1) is 11.1 Å². The summed E-state index contributed by atoms with van der Waals surface area (Å²) in [5, 5.41) is 1.05. The summed E-state index contributed by atoms with van der Waals surface area (Å²) in [5.74, 6) is 1.46. The Morgan fingerprint density at radius 1 is 1.27 bits per heavy atom. The molecule has 1 aromatic heterocycles. The molecular weight excluding hydrogens is 396 g/mol. The monoisotopic (exact) mass is 426 g/mol. The average molecular weight is 427 g/mol. The molecule has 2 aliphatic heterocycles. The number of ether oxygens (including phenoxy) is 2. The van der Waals surface area contributed by atoms with E-state index in [0.29, 0.717) is 5.92 Å². The van der Waals surface area contributed by atoms with E-state index in [4.69, 9.17) is 9.47 Å². The smallest absolute Gasteiger partial charge is 0.410 e. The minimum Gasteiger partial charge on any atom is -0.490 e.